The molecule has 0 saturated heterocycles. The Morgan fingerprint density at radius 3 is 2.57 bits per heavy atom. The van der Waals surface area contributed by atoms with Gasteiger partial charge in [-0.25, -0.2) is 9.18 Å². The predicted octanol–water partition coefficient (Wildman–Crippen LogP) is 2.75. The Labute approximate surface area is 134 Å². The molecule has 6 nitrogen and oxygen atoms in total. The normalized spacial score (nSPS) is 11.0. The molecule has 0 atom stereocenters. The van der Waals surface area contributed by atoms with Crippen molar-refractivity contribution in [2.45, 2.75) is 39.2 Å². The van der Waals surface area contributed by atoms with E-state index in [1.165, 1.54) is 12.1 Å². The number of aliphatic carboxylic acids is 1. The molecule has 1 aromatic carbocycles. The van der Waals surface area contributed by atoms with Gasteiger partial charge in [0, 0.05) is 12.5 Å². The highest BCUT2D eigenvalue weighted by Crippen LogP contribution is 2.18. The molecule has 0 aliphatic heterocycles. The number of aryl methyl sites for hydroxylation is 1. The number of hydrogen-bond donors (Lipinski definition) is 2. The van der Waals surface area contributed by atoms with Crippen molar-refractivity contribution in [1.82, 2.24) is 5.32 Å². The molecular weight excluding hydrogens is 305 g/mol. The third-order valence-corrected chi connectivity index (χ3v) is 2.67. The lowest BCUT2D eigenvalue weighted by Crippen LogP contribution is -2.34. The van der Waals surface area contributed by atoms with Gasteiger partial charge in [0.25, 0.3) is 0 Å². The summed E-state index contributed by atoms with van der Waals surface area (Å²) in [6, 6.07) is 4.26. The van der Waals surface area contributed by atoms with Crippen LogP contribution in [0, 0.1) is 5.82 Å². The summed E-state index contributed by atoms with van der Waals surface area (Å²) in [5, 5.41) is 11.1. The minimum Gasteiger partial charge on any atom is -0.492 e. The molecular formula is C16H22FNO5. The molecule has 0 fully saturated rings. The second kappa shape index (κ2) is 8.36. The van der Waals surface area contributed by atoms with Gasteiger partial charge in [0.05, 0.1) is 6.54 Å². The van der Waals surface area contributed by atoms with E-state index >= 15 is 0 Å². The maximum atomic E-state index is 13.8. The lowest BCUT2D eigenvalue weighted by Gasteiger charge is -2.19. The fourth-order valence-corrected chi connectivity index (χ4v) is 1.70. The Morgan fingerprint density at radius 2 is 2.00 bits per heavy atom. The standard InChI is InChI=1S/C16H22FNO5/c1-16(2,3)23-15(21)18-8-9-22-12-6-4-11(13(17)10-12)5-7-14(19)20/h4,6,10H,5,7-9H2,1-3H3,(H,18,21)(H,19,20). The van der Waals surface area contributed by atoms with E-state index in [0.717, 1.165) is 0 Å². The highest BCUT2D eigenvalue weighted by atomic mass is 19.1. The molecule has 2 N–H and O–H groups in total. The van der Waals surface area contributed by atoms with Gasteiger partial charge in [0.15, 0.2) is 0 Å². The van der Waals surface area contributed by atoms with E-state index in [0.29, 0.717) is 11.3 Å². The Bertz CT molecular complexity index is 554. The van der Waals surface area contributed by atoms with Crippen LogP contribution < -0.4 is 10.1 Å². The summed E-state index contributed by atoms with van der Waals surface area (Å²) >= 11 is 0. The molecule has 128 valence electrons. The van der Waals surface area contributed by atoms with Gasteiger partial charge in [-0.15, -0.1) is 0 Å². The molecule has 0 aromatic heterocycles. The van der Waals surface area contributed by atoms with Crippen molar-refractivity contribution in [3.8, 4) is 5.75 Å². The van der Waals surface area contributed by atoms with Crippen molar-refractivity contribution in [1.29, 1.82) is 0 Å². The van der Waals surface area contributed by atoms with Crippen molar-refractivity contribution >= 4 is 12.1 Å². The largest absolute Gasteiger partial charge is 0.492 e. The van der Waals surface area contributed by atoms with E-state index < -0.39 is 23.5 Å². The third-order valence-electron chi connectivity index (χ3n) is 2.67. The summed E-state index contributed by atoms with van der Waals surface area (Å²) in [6.45, 7) is 5.66. The average Bonchev–Trinajstić information content (AvgIpc) is 2.40. The molecule has 0 spiro atoms. The number of nitrogens with one attached hydrogen (secondary N) is 1. The van der Waals surface area contributed by atoms with Crippen LogP contribution >= 0.6 is 0 Å². The average molecular weight is 327 g/mol. The second-order valence-electron chi connectivity index (χ2n) is 5.92. The monoisotopic (exact) mass is 327 g/mol. The van der Waals surface area contributed by atoms with Crippen LogP contribution in [0.25, 0.3) is 0 Å². The van der Waals surface area contributed by atoms with E-state index in [-0.39, 0.29) is 26.0 Å². The quantitative estimate of drug-likeness (QED) is 0.752. The molecule has 1 rings (SSSR count). The molecule has 0 aliphatic rings. The first kappa shape index (κ1) is 18.7. The van der Waals surface area contributed by atoms with Gasteiger partial charge in [-0.1, -0.05) is 6.07 Å². The summed E-state index contributed by atoms with van der Waals surface area (Å²) in [4.78, 5) is 21.9. The SMILES string of the molecule is CC(C)(C)OC(=O)NCCOc1ccc(CCC(=O)O)c(F)c1. The van der Waals surface area contributed by atoms with Crippen molar-refractivity contribution in [3.05, 3.63) is 29.6 Å². The van der Waals surface area contributed by atoms with E-state index in [4.69, 9.17) is 14.6 Å². The van der Waals surface area contributed by atoms with Crippen LogP contribution in [0.5, 0.6) is 5.75 Å². The topological polar surface area (TPSA) is 84.9 Å². The Kier molecular flexibility index (Phi) is 6.81. The van der Waals surface area contributed by atoms with Gasteiger partial charge >= 0.3 is 12.1 Å². The van der Waals surface area contributed by atoms with Crippen LogP contribution in [0.2, 0.25) is 0 Å². The van der Waals surface area contributed by atoms with Crippen LogP contribution in [-0.2, 0) is 16.0 Å². The van der Waals surface area contributed by atoms with E-state index in [2.05, 4.69) is 5.32 Å². The maximum absolute atomic E-state index is 13.8. The van der Waals surface area contributed by atoms with Crippen molar-refractivity contribution in [2.24, 2.45) is 0 Å². The lowest BCUT2D eigenvalue weighted by atomic mass is 10.1. The number of carboxylic acid groups (broad SMARTS) is 1. The summed E-state index contributed by atoms with van der Waals surface area (Å²) < 4.78 is 24.1. The number of carbonyl (C=O) groups is 2. The third kappa shape index (κ3) is 8.04. The van der Waals surface area contributed by atoms with E-state index in [1.807, 2.05) is 0 Å². The first-order chi connectivity index (χ1) is 10.7. The van der Waals surface area contributed by atoms with E-state index in [9.17, 15) is 14.0 Å². The first-order valence-corrected chi connectivity index (χ1v) is 7.27. The van der Waals surface area contributed by atoms with Gasteiger partial charge in [0.1, 0.15) is 23.8 Å². The first-order valence-electron chi connectivity index (χ1n) is 7.27. The van der Waals surface area contributed by atoms with Crippen LogP contribution in [0.3, 0.4) is 0 Å². The molecule has 0 heterocycles. The number of ether oxygens (including phenoxy) is 2. The number of hydrogen-bond acceptors (Lipinski definition) is 4. The molecule has 0 radical (unpaired) electrons. The van der Waals surface area contributed by atoms with Crippen LogP contribution in [0.1, 0.15) is 32.8 Å². The fourth-order valence-electron chi connectivity index (χ4n) is 1.70. The highest BCUT2D eigenvalue weighted by Gasteiger charge is 2.15. The highest BCUT2D eigenvalue weighted by molar-refractivity contribution is 5.67. The summed E-state index contributed by atoms with van der Waals surface area (Å²) in [5.74, 6) is -1.17. The van der Waals surface area contributed by atoms with Gasteiger partial charge < -0.3 is 19.9 Å². The van der Waals surface area contributed by atoms with Gasteiger partial charge in [-0.05, 0) is 38.8 Å². The maximum Gasteiger partial charge on any atom is 0.407 e. The Hall–Kier alpha value is -2.31. The molecule has 0 bridgehead atoms. The zero-order valence-corrected chi connectivity index (χ0v) is 13.5. The van der Waals surface area contributed by atoms with Crippen molar-refractivity contribution in [3.63, 3.8) is 0 Å². The fraction of sp³-hybridized carbons (Fsp3) is 0.500. The number of amides is 1. The second-order valence-corrected chi connectivity index (χ2v) is 5.92. The number of halogens is 1. The lowest BCUT2D eigenvalue weighted by molar-refractivity contribution is -0.136. The zero-order chi connectivity index (χ0) is 17.5. The molecule has 0 unspecified atom stereocenters. The molecule has 0 saturated carbocycles. The molecule has 1 aromatic rings. The molecule has 23 heavy (non-hydrogen) atoms. The van der Waals surface area contributed by atoms with Gasteiger partial charge in [-0.2, -0.15) is 0 Å². The van der Waals surface area contributed by atoms with E-state index in [1.54, 1.807) is 26.8 Å². The smallest absolute Gasteiger partial charge is 0.407 e. The van der Waals surface area contributed by atoms with Crippen LogP contribution in [0.15, 0.2) is 18.2 Å². The van der Waals surface area contributed by atoms with Crippen molar-refractivity contribution < 1.29 is 28.6 Å². The zero-order valence-electron chi connectivity index (χ0n) is 13.5. The summed E-state index contributed by atoms with van der Waals surface area (Å²) in [7, 11) is 0. The molecule has 0 aliphatic carbocycles. The molecule has 1 amide bonds. The minimum absolute atomic E-state index is 0.127. The summed E-state index contributed by atoms with van der Waals surface area (Å²) in [6.07, 6.45) is -0.547. The van der Waals surface area contributed by atoms with Gasteiger partial charge in [-0.3, -0.25) is 4.79 Å². The number of alkyl carbamates (subject to hydrolysis) is 1. The number of carbonyl (C=O) groups excluding carboxylic acids is 1. The minimum atomic E-state index is -0.974. The molecule has 7 heteroatoms. The number of benzene rings is 1. The number of carboxylic acids is 1. The van der Waals surface area contributed by atoms with Crippen LogP contribution in [0.4, 0.5) is 9.18 Å². The predicted molar refractivity (Wildman–Crippen MR) is 82.1 cm³/mol. The Balaban J connectivity index is 2.37. The van der Waals surface area contributed by atoms with Crippen LogP contribution in [-0.4, -0.2) is 35.9 Å². The number of rotatable bonds is 7. The van der Waals surface area contributed by atoms with Gasteiger partial charge in [0.2, 0.25) is 0 Å². The summed E-state index contributed by atoms with van der Waals surface area (Å²) in [5.41, 5.74) is -0.244. The Morgan fingerprint density at radius 1 is 1.30 bits per heavy atom. The van der Waals surface area contributed by atoms with Crippen molar-refractivity contribution in [2.75, 3.05) is 13.2 Å².